The average Bonchev–Trinajstić information content (AvgIpc) is 3.39. The number of aryl methyl sites for hydroxylation is 1. The van der Waals surface area contributed by atoms with E-state index in [1.165, 1.54) is 17.0 Å². The Kier molecular flexibility index (Phi) is 6.27. The molecule has 5 rings (SSSR count). The SMILES string of the molecule is COc1ccc(OC)c([C@@H]2NN(C(=O)c3cccc(Br)c3)[C@H]3C(=O)N(c4cccc(C)c4)C(=O)[C@@H]23)c1. The van der Waals surface area contributed by atoms with Crippen LogP contribution in [0.1, 0.15) is 27.5 Å². The molecule has 2 fully saturated rings. The molecule has 0 aliphatic carbocycles. The molecule has 184 valence electrons. The number of imide groups is 1. The van der Waals surface area contributed by atoms with Crippen LogP contribution in [0.2, 0.25) is 0 Å². The molecule has 0 bridgehead atoms. The summed E-state index contributed by atoms with van der Waals surface area (Å²) in [6, 6.07) is 17.6. The Morgan fingerprint density at radius 1 is 0.944 bits per heavy atom. The Bertz CT molecular complexity index is 1380. The molecular formula is C27H24BrN3O5. The van der Waals surface area contributed by atoms with Gasteiger partial charge in [0.2, 0.25) is 5.91 Å². The van der Waals surface area contributed by atoms with Crippen molar-refractivity contribution in [2.24, 2.45) is 5.92 Å². The number of rotatable bonds is 5. The van der Waals surface area contributed by atoms with E-state index in [1.54, 1.807) is 61.7 Å². The quantitative estimate of drug-likeness (QED) is 0.483. The predicted molar refractivity (Wildman–Crippen MR) is 137 cm³/mol. The zero-order valence-electron chi connectivity index (χ0n) is 19.9. The van der Waals surface area contributed by atoms with Crippen LogP contribution in [0.25, 0.3) is 0 Å². The minimum absolute atomic E-state index is 0.378. The first kappa shape index (κ1) is 24.0. The van der Waals surface area contributed by atoms with Crippen LogP contribution in [0.15, 0.2) is 71.2 Å². The van der Waals surface area contributed by atoms with Crippen molar-refractivity contribution in [3.05, 3.63) is 87.9 Å². The van der Waals surface area contributed by atoms with E-state index < -0.39 is 29.8 Å². The Balaban J connectivity index is 1.63. The number of anilines is 1. The number of benzene rings is 3. The van der Waals surface area contributed by atoms with E-state index in [9.17, 15) is 14.4 Å². The van der Waals surface area contributed by atoms with Gasteiger partial charge in [0.05, 0.1) is 31.9 Å². The maximum Gasteiger partial charge on any atom is 0.268 e. The highest BCUT2D eigenvalue weighted by molar-refractivity contribution is 9.10. The minimum Gasteiger partial charge on any atom is -0.497 e. The van der Waals surface area contributed by atoms with Crippen LogP contribution in [0.3, 0.4) is 0 Å². The average molecular weight is 550 g/mol. The topological polar surface area (TPSA) is 88.2 Å². The maximum absolute atomic E-state index is 13.9. The molecule has 0 radical (unpaired) electrons. The third-order valence-corrected chi connectivity index (χ3v) is 7.05. The number of ether oxygens (including phenoxy) is 2. The molecule has 0 saturated carbocycles. The third kappa shape index (κ3) is 3.94. The van der Waals surface area contributed by atoms with Gasteiger partial charge in [-0.3, -0.25) is 19.4 Å². The lowest BCUT2D eigenvalue weighted by Crippen LogP contribution is -2.48. The van der Waals surface area contributed by atoms with Crippen molar-refractivity contribution >= 4 is 39.3 Å². The summed E-state index contributed by atoms with van der Waals surface area (Å²) in [6.45, 7) is 1.89. The van der Waals surface area contributed by atoms with Gasteiger partial charge < -0.3 is 9.47 Å². The molecule has 0 unspecified atom stereocenters. The van der Waals surface area contributed by atoms with Gasteiger partial charge in [-0.05, 0) is 61.0 Å². The molecule has 1 N–H and O–H groups in total. The Labute approximate surface area is 216 Å². The third-order valence-electron chi connectivity index (χ3n) is 6.56. The number of halogens is 1. The smallest absolute Gasteiger partial charge is 0.268 e. The highest BCUT2D eigenvalue weighted by Crippen LogP contribution is 2.45. The van der Waals surface area contributed by atoms with E-state index in [4.69, 9.17) is 9.47 Å². The van der Waals surface area contributed by atoms with Crippen LogP contribution in [-0.2, 0) is 9.59 Å². The molecule has 2 aliphatic heterocycles. The summed E-state index contributed by atoms with van der Waals surface area (Å²) in [5, 5.41) is 1.28. The number of fused-ring (bicyclic) bond motifs is 1. The highest BCUT2D eigenvalue weighted by atomic mass is 79.9. The van der Waals surface area contributed by atoms with Gasteiger partial charge in [0.1, 0.15) is 17.5 Å². The zero-order valence-corrected chi connectivity index (χ0v) is 21.5. The van der Waals surface area contributed by atoms with E-state index in [-0.39, 0.29) is 5.91 Å². The summed E-state index contributed by atoms with van der Waals surface area (Å²) in [5.74, 6) is -1.05. The van der Waals surface area contributed by atoms with E-state index in [2.05, 4.69) is 21.4 Å². The highest BCUT2D eigenvalue weighted by Gasteiger charge is 2.61. The molecule has 36 heavy (non-hydrogen) atoms. The van der Waals surface area contributed by atoms with Crippen molar-refractivity contribution < 1.29 is 23.9 Å². The van der Waals surface area contributed by atoms with Crippen molar-refractivity contribution in [3.63, 3.8) is 0 Å². The first-order chi connectivity index (χ1) is 17.3. The van der Waals surface area contributed by atoms with Crippen LogP contribution in [0.4, 0.5) is 5.69 Å². The summed E-state index contributed by atoms with van der Waals surface area (Å²) in [6.07, 6.45) is 0. The number of nitrogens with zero attached hydrogens (tertiary/aromatic N) is 2. The van der Waals surface area contributed by atoms with Gasteiger partial charge >= 0.3 is 0 Å². The fourth-order valence-electron chi connectivity index (χ4n) is 4.90. The molecule has 9 heteroatoms. The number of nitrogens with one attached hydrogen (secondary N) is 1. The van der Waals surface area contributed by atoms with E-state index in [1.807, 2.05) is 19.1 Å². The van der Waals surface area contributed by atoms with Gasteiger partial charge in [0.25, 0.3) is 11.8 Å². The van der Waals surface area contributed by atoms with E-state index in [0.29, 0.717) is 28.3 Å². The summed E-state index contributed by atoms with van der Waals surface area (Å²) in [4.78, 5) is 42.5. The van der Waals surface area contributed by atoms with Gasteiger partial charge in [0, 0.05) is 15.6 Å². The molecule has 0 spiro atoms. The first-order valence-corrected chi connectivity index (χ1v) is 12.1. The Morgan fingerprint density at radius 2 is 1.72 bits per heavy atom. The minimum atomic E-state index is -1.04. The van der Waals surface area contributed by atoms with Crippen molar-refractivity contribution in [2.75, 3.05) is 19.1 Å². The number of carbonyl (C=O) groups is 3. The second-order valence-corrected chi connectivity index (χ2v) is 9.64. The second-order valence-electron chi connectivity index (χ2n) is 8.72. The van der Waals surface area contributed by atoms with Crippen LogP contribution < -0.4 is 19.8 Å². The monoisotopic (exact) mass is 549 g/mol. The van der Waals surface area contributed by atoms with Gasteiger partial charge in [-0.1, -0.05) is 34.1 Å². The number of amides is 3. The lowest BCUT2D eigenvalue weighted by Gasteiger charge is -2.26. The standard InChI is InChI=1S/C27H24BrN3O5/c1-15-6-4-9-18(12-15)30-26(33)22-23(20-14-19(35-2)10-11-21(20)36-3)29-31(24(22)27(30)34)25(32)16-7-5-8-17(28)13-16/h4-14,22-24,29H,1-3H3/t22-,23-,24+/m0/s1. The summed E-state index contributed by atoms with van der Waals surface area (Å²) in [7, 11) is 3.08. The number of hydrogen-bond donors (Lipinski definition) is 1. The molecule has 3 amide bonds. The molecule has 2 heterocycles. The lowest BCUT2D eigenvalue weighted by atomic mass is 9.90. The van der Waals surface area contributed by atoms with Crippen LogP contribution >= 0.6 is 15.9 Å². The second kappa shape index (κ2) is 9.40. The van der Waals surface area contributed by atoms with Crippen molar-refractivity contribution in [1.82, 2.24) is 10.4 Å². The van der Waals surface area contributed by atoms with Crippen LogP contribution in [0.5, 0.6) is 11.5 Å². The zero-order chi connectivity index (χ0) is 25.6. The normalized spacial score (nSPS) is 21.1. The molecule has 0 aromatic heterocycles. The fourth-order valence-corrected chi connectivity index (χ4v) is 5.30. The van der Waals surface area contributed by atoms with Gasteiger partial charge in [0.15, 0.2) is 0 Å². The molecule has 3 atom stereocenters. The van der Waals surface area contributed by atoms with Crippen LogP contribution in [-0.4, -0.2) is 43.0 Å². The van der Waals surface area contributed by atoms with Crippen LogP contribution in [0, 0.1) is 12.8 Å². The number of carbonyl (C=O) groups excluding carboxylic acids is 3. The van der Waals surface area contributed by atoms with E-state index in [0.717, 1.165) is 10.0 Å². The fraction of sp³-hybridized carbons (Fsp3) is 0.222. The summed E-state index contributed by atoms with van der Waals surface area (Å²) < 4.78 is 11.7. The van der Waals surface area contributed by atoms with Gasteiger partial charge in [-0.15, -0.1) is 0 Å². The molecule has 3 aromatic carbocycles. The number of methoxy groups -OCH3 is 2. The van der Waals surface area contributed by atoms with Crippen molar-refractivity contribution in [1.29, 1.82) is 0 Å². The summed E-state index contributed by atoms with van der Waals surface area (Å²) >= 11 is 3.40. The van der Waals surface area contributed by atoms with Gasteiger partial charge in [-0.2, -0.15) is 0 Å². The lowest BCUT2D eigenvalue weighted by molar-refractivity contribution is -0.123. The number of hydrazine groups is 1. The predicted octanol–water partition coefficient (Wildman–Crippen LogP) is 4.03. The maximum atomic E-state index is 13.9. The molecule has 2 aliphatic rings. The number of hydrogen-bond acceptors (Lipinski definition) is 6. The Hall–Kier alpha value is -3.69. The van der Waals surface area contributed by atoms with Crippen molar-refractivity contribution in [2.45, 2.75) is 19.0 Å². The van der Waals surface area contributed by atoms with E-state index >= 15 is 0 Å². The molecule has 2 saturated heterocycles. The Morgan fingerprint density at radius 3 is 2.42 bits per heavy atom. The largest absolute Gasteiger partial charge is 0.497 e. The molecule has 8 nitrogen and oxygen atoms in total. The van der Waals surface area contributed by atoms with Gasteiger partial charge in [-0.25, -0.2) is 10.3 Å². The molecular weight excluding hydrogens is 526 g/mol. The first-order valence-electron chi connectivity index (χ1n) is 11.4. The summed E-state index contributed by atoms with van der Waals surface area (Å²) in [5.41, 5.74) is 5.54. The van der Waals surface area contributed by atoms with Crippen molar-refractivity contribution in [3.8, 4) is 11.5 Å². The molecule has 3 aromatic rings.